The Morgan fingerprint density at radius 2 is 2.22 bits per heavy atom. The molecule has 27 heavy (non-hydrogen) atoms. The molecular weight excluding hydrogens is 378 g/mol. The van der Waals surface area contributed by atoms with E-state index < -0.39 is 0 Å². The molecule has 0 spiro atoms. The highest BCUT2D eigenvalue weighted by molar-refractivity contribution is 7.99. The summed E-state index contributed by atoms with van der Waals surface area (Å²) in [7, 11) is 0. The molecule has 1 amide bonds. The topological polar surface area (TPSA) is 64.0 Å². The smallest absolute Gasteiger partial charge is 0.272 e. The Bertz CT molecular complexity index is 1040. The van der Waals surface area contributed by atoms with Crippen molar-refractivity contribution in [3.63, 3.8) is 0 Å². The first-order valence-electron chi connectivity index (χ1n) is 9.15. The van der Waals surface area contributed by atoms with Crippen LogP contribution in [0.25, 0.3) is 10.2 Å². The Balaban J connectivity index is 1.48. The SMILES string of the molecule is CCCn1c(SCC(=O)N[C@H]2CCc3ccccc32)nc2ccsc2c1=O. The molecule has 5 nitrogen and oxygen atoms in total. The molecule has 140 valence electrons. The Kier molecular flexibility index (Phi) is 5.31. The second-order valence-electron chi connectivity index (χ2n) is 6.63. The fourth-order valence-electron chi connectivity index (χ4n) is 3.53. The van der Waals surface area contributed by atoms with Gasteiger partial charge in [0.15, 0.2) is 5.16 Å². The van der Waals surface area contributed by atoms with Gasteiger partial charge >= 0.3 is 0 Å². The highest BCUT2D eigenvalue weighted by Crippen LogP contribution is 2.31. The summed E-state index contributed by atoms with van der Waals surface area (Å²) in [6.45, 7) is 2.64. The van der Waals surface area contributed by atoms with Crippen LogP contribution in [0.15, 0.2) is 45.7 Å². The minimum Gasteiger partial charge on any atom is -0.349 e. The van der Waals surface area contributed by atoms with E-state index >= 15 is 0 Å². The van der Waals surface area contributed by atoms with Crippen LogP contribution in [0, 0.1) is 0 Å². The number of nitrogens with zero attached hydrogens (tertiary/aromatic N) is 2. The summed E-state index contributed by atoms with van der Waals surface area (Å²) in [6, 6.07) is 10.2. The van der Waals surface area contributed by atoms with Gasteiger partial charge in [0.2, 0.25) is 5.91 Å². The van der Waals surface area contributed by atoms with Gasteiger partial charge in [-0.25, -0.2) is 4.98 Å². The van der Waals surface area contributed by atoms with E-state index in [0.29, 0.717) is 21.9 Å². The van der Waals surface area contributed by atoms with Crippen LogP contribution in [0.4, 0.5) is 0 Å². The van der Waals surface area contributed by atoms with Crippen molar-refractivity contribution >= 4 is 39.2 Å². The predicted molar refractivity (Wildman–Crippen MR) is 111 cm³/mol. The summed E-state index contributed by atoms with van der Waals surface area (Å²) in [6.07, 6.45) is 2.78. The van der Waals surface area contributed by atoms with Crippen molar-refractivity contribution in [2.75, 3.05) is 5.75 Å². The Hall–Kier alpha value is -2.12. The number of carbonyl (C=O) groups is 1. The molecule has 1 atom stereocenters. The maximum absolute atomic E-state index is 12.7. The van der Waals surface area contributed by atoms with Crippen molar-refractivity contribution in [2.24, 2.45) is 0 Å². The number of carbonyl (C=O) groups excluding carboxylic acids is 1. The molecule has 0 fully saturated rings. The summed E-state index contributed by atoms with van der Waals surface area (Å²) >= 11 is 2.75. The van der Waals surface area contributed by atoms with E-state index in [1.807, 2.05) is 30.5 Å². The van der Waals surface area contributed by atoms with Gasteiger partial charge in [0.05, 0.1) is 17.3 Å². The van der Waals surface area contributed by atoms with Crippen LogP contribution in [0.2, 0.25) is 0 Å². The number of rotatable bonds is 6. The van der Waals surface area contributed by atoms with E-state index in [2.05, 4.69) is 22.4 Å². The van der Waals surface area contributed by atoms with E-state index in [9.17, 15) is 9.59 Å². The van der Waals surface area contributed by atoms with Gasteiger partial charge in [0, 0.05) is 6.54 Å². The summed E-state index contributed by atoms with van der Waals surface area (Å²) in [4.78, 5) is 29.8. The molecule has 1 aliphatic rings. The molecule has 2 aromatic heterocycles. The first-order chi connectivity index (χ1) is 13.2. The van der Waals surface area contributed by atoms with Crippen molar-refractivity contribution < 1.29 is 4.79 Å². The zero-order valence-electron chi connectivity index (χ0n) is 15.1. The van der Waals surface area contributed by atoms with Gasteiger partial charge in [0.25, 0.3) is 5.56 Å². The van der Waals surface area contributed by atoms with Crippen molar-refractivity contribution in [3.8, 4) is 0 Å². The normalized spacial score (nSPS) is 15.8. The van der Waals surface area contributed by atoms with Gasteiger partial charge in [-0.3, -0.25) is 14.2 Å². The molecule has 1 N–H and O–H groups in total. The Morgan fingerprint density at radius 1 is 1.37 bits per heavy atom. The van der Waals surface area contributed by atoms with Crippen LogP contribution < -0.4 is 10.9 Å². The third-order valence-corrected chi connectivity index (χ3v) is 6.65. The van der Waals surface area contributed by atoms with E-state index in [0.717, 1.165) is 19.3 Å². The quantitative estimate of drug-likeness (QED) is 0.506. The first kappa shape index (κ1) is 18.3. The molecule has 4 rings (SSSR count). The highest BCUT2D eigenvalue weighted by atomic mass is 32.2. The maximum Gasteiger partial charge on any atom is 0.272 e. The fourth-order valence-corrected chi connectivity index (χ4v) is 5.14. The van der Waals surface area contributed by atoms with Crippen LogP contribution >= 0.6 is 23.1 Å². The molecule has 1 aromatic carbocycles. The molecule has 0 saturated carbocycles. The molecule has 1 aliphatic carbocycles. The van der Waals surface area contributed by atoms with Crippen molar-refractivity contribution in [2.45, 2.75) is 43.9 Å². The Morgan fingerprint density at radius 3 is 3.07 bits per heavy atom. The number of hydrogen-bond acceptors (Lipinski definition) is 5. The van der Waals surface area contributed by atoms with Crippen LogP contribution in [0.3, 0.4) is 0 Å². The molecule has 0 unspecified atom stereocenters. The molecule has 7 heteroatoms. The molecule has 0 radical (unpaired) electrons. The van der Waals surface area contributed by atoms with Crippen molar-refractivity contribution in [1.82, 2.24) is 14.9 Å². The van der Waals surface area contributed by atoms with E-state index in [1.54, 1.807) is 4.57 Å². The summed E-state index contributed by atoms with van der Waals surface area (Å²) in [5, 5.41) is 5.63. The molecule has 2 heterocycles. The lowest BCUT2D eigenvalue weighted by Crippen LogP contribution is -2.29. The van der Waals surface area contributed by atoms with Gasteiger partial charge in [-0.15, -0.1) is 11.3 Å². The average Bonchev–Trinajstić information content (AvgIpc) is 3.30. The summed E-state index contributed by atoms with van der Waals surface area (Å²) in [5.74, 6) is 0.231. The molecular formula is C20H21N3O2S2. The lowest BCUT2D eigenvalue weighted by Gasteiger charge is -2.15. The van der Waals surface area contributed by atoms with Crippen LogP contribution in [0.5, 0.6) is 0 Å². The number of thioether (sulfide) groups is 1. The van der Waals surface area contributed by atoms with Gasteiger partial charge < -0.3 is 5.32 Å². The number of thiophene rings is 1. The monoisotopic (exact) mass is 399 g/mol. The number of benzene rings is 1. The average molecular weight is 400 g/mol. The number of nitrogens with one attached hydrogen (secondary N) is 1. The van der Waals surface area contributed by atoms with E-state index in [1.165, 1.54) is 34.2 Å². The number of amides is 1. The predicted octanol–water partition coefficient (Wildman–Crippen LogP) is 3.76. The molecule has 3 aromatic rings. The lowest BCUT2D eigenvalue weighted by molar-refractivity contribution is -0.119. The van der Waals surface area contributed by atoms with Crippen molar-refractivity contribution in [3.05, 3.63) is 57.2 Å². The fraction of sp³-hybridized carbons (Fsp3) is 0.350. The van der Waals surface area contributed by atoms with Crippen LogP contribution in [-0.4, -0.2) is 21.2 Å². The second-order valence-corrected chi connectivity index (χ2v) is 8.49. The number of aromatic nitrogens is 2. The van der Waals surface area contributed by atoms with Gasteiger partial charge in [-0.2, -0.15) is 0 Å². The van der Waals surface area contributed by atoms with Gasteiger partial charge in [-0.1, -0.05) is 43.0 Å². The largest absolute Gasteiger partial charge is 0.349 e. The molecule has 0 aliphatic heterocycles. The first-order valence-corrected chi connectivity index (χ1v) is 11.0. The number of aryl methyl sites for hydroxylation is 1. The van der Waals surface area contributed by atoms with Crippen LogP contribution in [-0.2, 0) is 17.8 Å². The van der Waals surface area contributed by atoms with E-state index in [-0.39, 0.29) is 23.3 Å². The van der Waals surface area contributed by atoms with Crippen molar-refractivity contribution in [1.29, 1.82) is 0 Å². The van der Waals surface area contributed by atoms with E-state index in [4.69, 9.17) is 0 Å². The molecule has 0 saturated heterocycles. The highest BCUT2D eigenvalue weighted by Gasteiger charge is 2.23. The zero-order chi connectivity index (χ0) is 18.8. The standard InChI is InChI=1S/C20H21N3O2S2/c1-2-10-23-19(25)18-16(9-11-26-18)22-20(23)27-12-17(24)21-15-8-7-13-5-3-4-6-14(13)15/h3-6,9,11,15H,2,7-8,10,12H2,1H3,(H,21,24)/t15-/m0/s1. The third-order valence-electron chi connectivity index (χ3n) is 4.78. The minimum absolute atomic E-state index is 0.00974. The lowest BCUT2D eigenvalue weighted by atomic mass is 10.1. The Labute approximate surface area is 165 Å². The second kappa shape index (κ2) is 7.86. The third kappa shape index (κ3) is 3.66. The maximum atomic E-state index is 12.7. The minimum atomic E-state index is -0.0237. The summed E-state index contributed by atoms with van der Waals surface area (Å²) < 4.78 is 2.38. The van der Waals surface area contributed by atoms with Gasteiger partial charge in [0.1, 0.15) is 4.70 Å². The van der Waals surface area contributed by atoms with Crippen LogP contribution in [0.1, 0.15) is 36.9 Å². The number of fused-ring (bicyclic) bond motifs is 2. The molecule has 0 bridgehead atoms. The summed E-state index contributed by atoms with van der Waals surface area (Å²) in [5.41, 5.74) is 3.24. The zero-order valence-corrected chi connectivity index (χ0v) is 16.7. The van der Waals surface area contributed by atoms with Gasteiger partial charge in [-0.05, 0) is 41.8 Å². The number of hydrogen-bond donors (Lipinski definition) is 1.